The molecule has 0 spiro atoms. The molecule has 3 rings (SSSR count). The molecule has 0 saturated heterocycles. The Bertz CT molecular complexity index is 717. The zero-order chi connectivity index (χ0) is 14.2. The van der Waals surface area contributed by atoms with Crippen molar-refractivity contribution in [2.45, 2.75) is 17.4 Å². The highest BCUT2D eigenvalue weighted by Crippen LogP contribution is 2.35. The van der Waals surface area contributed by atoms with E-state index in [1.165, 1.54) is 6.26 Å². The Morgan fingerprint density at radius 3 is 2.85 bits per heavy atom. The van der Waals surface area contributed by atoms with Gasteiger partial charge in [0.2, 0.25) is 0 Å². The van der Waals surface area contributed by atoms with Crippen LogP contribution in [-0.4, -0.2) is 27.0 Å². The van der Waals surface area contributed by atoms with E-state index in [-0.39, 0.29) is 16.9 Å². The molecule has 1 heterocycles. The Hall–Kier alpha value is -1.88. The zero-order valence-corrected chi connectivity index (χ0v) is 11.9. The van der Waals surface area contributed by atoms with E-state index in [0.717, 1.165) is 6.42 Å². The Balaban J connectivity index is 1.87. The second kappa shape index (κ2) is 4.90. The van der Waals surface area contributed by atoms with Gasteiger partial charge in [0.15, 0.2) is 9.84 Å². The van der Waals surface area contributed by atoms with E-state index in [0.29, 0.717) is 11.4 Å². The van der Waals surface area contributed by atoms with Gasteiger partial charge in [0.25, 0.3) is 0 Å². The first-order chi connectivity index (χ1) is 9.54. The average Bonchev–Trinajstić information content (AvgIpc) is 2.46. The van der Waals surface area contributed by atoms with Crippen molar-refractivity contribution in [1.29, 1.82) is 0 Å². The van der Waals surface area contributed by atoms with Gasteiger partial charge < -0.3 is 4.74 Å². The van der Waals surface area contributed by atoms with E-state index >= 15 is 0 Å². The fraction of sp³-hybridized carbons (Fsp3) is 0.267. The first-order valence-corrected chi connectivity index (χ1v) is 8.31. The van der Waals surface area contributed by atoms with Gasteiger partial charge in [0, 0.05) is 18.4 Å². The first kappa shape index (κ1) is 13.1. The van der Waals surface area contributed by atoms with Gasteiger partial charge in [-0.3, -0.25) is 4.99 Å². The first-order valence-electron chi connectivity index (χ1n) is 6.42. The van der Waals surface area contributed by atoms with Crippen molar-refractivity contribution in [2.24, 2.45) is 10.9 Å². The lowest BCUT2D eigenvalue weighted by molar-refractivity contribution is 0.222. The summed E-state index contributed by atoms with van der Waals surface area (Å²) in [5.41, 5.74) is 0.569. The Kier molecular flexibility index (Phi) is 3.22. The summed E-state index contributed by atoms with van der Waals surface area (Å²) in [5.74, 6) is 0.902. The van der Waals surface area contributed by atoms with E-state index in [2.05, 4.69) is 17.1 Å². The molecule has 0 amide bonds. The van der Waals surface area contributed by atoms with Crippen LogP contribution in [0.1, 0.15) is 6.42 Å². The largest absolute Gasteiger partial charge is 0.482 e. The number of rotatable bonds is 2. The third kappa shape index (κ3) is 2.54. The van der Waals surface area contributed by atoms with Gasteiger partial charge in [0.05, 0.1) is 4.90 Å². The number of sulfone groups is 1. The quantitative estimate of drug-likeness (QED) is 0.841. The van der Waals surface area contributed by atoms with Crippen molar-refractivity contribution < 1.29 is 13.2 Å². The Labute approximate surface area is 118 Å². The standard InChI is InChI=1S/C15H15NO3S/c1-20(17,18)12-7-8-14-13(9-12)16-10-15(19-14)11-5-3-2-4-6-11/h2-5,7-11,15H,6H2,1H3. The summed E-state index contributed by atoms with van der Waals surface area (Å²) in [7, 11) is -3.22. The Morgan fingerprint density at radius 1 is 1.30 bits per heavy atom. The fourth-order valence-corrected chi connectivity index (χ4v) is 2.94. The minimum atomic E-state index is -3.22. The van der Waals surface area contributed by atoms with E-state index in [1.54, 1.807) is 24.4 Å². The van der Waals surface area contributed by atoms with Crippen molar-refractivity contribution >= 4 is 21.7 Å². The van der Waals surface area contributed by atoms with Crippen LogP contribution in [0.15, 0.2) is 52.4 Å². The van der Waals surface area contributed by atoms with Gasteiger partial charge in [0.1, 0.15) is 17.5 Å². The molecule has 1 aromatic rings. The molecule has 4 nitrogen and oxygen atoms in total. The monoisotopic (exact) mass is 289 g/mol. The van der Waals surface area contributed by atoms with Gasteiger partial charge >= 0.3 is 0 Å². The second-order valence-corrected chi connectivity index (χ2v) is 6.99. The predicted octanol–water partition coefficient (Wildman–Crippen LogP) is 2.69. The van der Waals surface area contributed by atoms with Crippen LogP contribution in [0.4, 0.5) is 5.69 Å². The third-order valence-corrected chi connectivity index (χ3v) is 4.53. The van der Waals surface area contributed by atoms with Crippen LogP contribution in [0.2, 0.25) is 0 Å². The SMILES string of the molecule is CS(=O)(=O)c1ccc2c(c1)N=CC(C1C=CC=CC1)O2. The molecule has 104 valence electrons. The van der Waals surface area contributed by atoms with Crippen molar-refractivity contribution in [3.63, 3.8) is 0 Å². The third-order valence-electron chi connectivity index (χ3n) is 3.42. The molecule has 0 N–H and O–H groups in total. The molecule has 0 radical (unpaired) electrons. The lowest BCUT2D eigenvalue weighted by Gasteiger charge is -2.26. The number of nitrogens with zero attached hydrogens (tertiary/aromatic N) is 1. The molecule has 20 heavy (non-hydrogen) atoms. The minimum absolute atomic E-state index is 0.104. The maximum absolute atomic E-state index is 11.5. The normalized spacial score (nSPS) is 24.2. The van der Waals surface area contributed by atoms with Crippen molar-refractivity contribution in [2.75, 3.05) is 6.26 Å². The lowest BCUT2D eigenvalue weighted by Crippen LogP contribution is -2.29. The summed E-state index contributed by atoms with van der Waals surface area (Å²) in [6.07, 6.45) is 12.0. The van der Waals surface area contributed by atoms with Crippen LogP contribution >= 0.6 is 0 Å². The van der Waals surface area contributed by atoms with E-state index < -0.39 is 9.84 Å². The number of benzene rings is 1. The smallest absolute Gasteiger partial charge is 0.175 e. The van der Waals surface area contributed by atoms with E-state index in [1.807, 2.05) is 12.2 Å². The van der Waals surface area contributed by atoms with Gasteiger partial charge in [-0.2, -0.15) is 0 Å². The van der Waals surface area contributed by atoms with Crippen LogP contribution < -0.4 is 4.74 Å². The molecule has 2 aliphatic rings. The molecule has 5 heteroatoms. The van der Waals surface area contributed by atoms with Crippen LogP contribution in [0.25, 0.3) is 0 Å². The summed E-state index contributed by atoms with van der Waals surface area (Å²) in [4.78, 5) is 4.61. The second-order valence-electron chi connectivity index (χ2n) is 4.97. The van der Waals surface area contributed by atoms with Crippen molar-refractivity contribution in [3.8, 4) is 5.75 Å². The zero-order valence-electron chi connectivity index (χ0n) is 11.1. The highest BCUT2D eigenvalue weighted by atomic mass is 32.2. The molecule has 2 unspecified atom stereocenters. The highest BCUT2D eigenvalue weighted by Gasteiger charge is 2.24. The molecule has 2 atom stereocenters. The van der Waals surface area contributed by atoms with Gasteiger partial charge in [-0.05, 0) is 24.6 Å². The lowest BCUT2D eigenvalue weighted by atomic mass is 9.95. The minimum Gasteiger partial charge on any atom is -0.482 e. The highest BCUT2D eigenvalue weighted by molar-refractivity contribution is 7.90. The fourth-order valence-electron chi connectivity index (χ4n) is 2.30. The van der Waals surface area contributed by atoms with Crippen molar-refractivity contribution in [3.05, 3.63) is 42.5 Å². The number of fused-ring (bicyclic) bond motifs is 1. The maximum atomic E-state index is 11.5. The molecular formula is C15H15NO3S. The molecule has 1 aliphatic heterocycles. The average molecular weight is 289 g/mol. The topological polar surface area (TPSA) is 55.7 Å². The summed E-state index contributed by atoms with van der Waals surface area (Å²) in [5, 5.41) is 0. The van der Waals surface area contributed by atoms with E-state index in [9.17, 15) is 8.42 Å². The van der Waals surface area contributed by atoms with Gasteiger partial charge in [-0.1, -0.05) is 24.3 Å². The van der Waals surface area contributed by atoms with Gasteiger partial charge in [-0.25, -0.2) is 8.42 Å². The van der Waals surface area contributed by atoms with Crippen LogP contribution in [-0.2, 0) is 9.84 Å². The van der Waals surface area contributed by atoms with Crippen LogP contribution in [0.5, 0.6) is 5.75 Å². The predicted molar refractivity (Wildman–Crippen MR) is 78.5 cm³/mol. The molecule has 0 fully saturated rings. The number of hydrogen-bond acceptors (Lipinski definition) is 4. The number of ether oxygens (including phenoxy) is 1. The van der Waals surface area contributed by atoms with Gasteiger partial charge in [-0.15, -0.1) is 0 Å². The number of aliphatic imine (C=N–C) groups is 1. The van der Waals surface area contributed by atoms with Crippen molar-refractivity contribution in [1.82, 2.24) is 0 Å². The van der Waals surface area contributed by atoms with E-state index in [4.69, 9.17) is 4.74 Å². The molecule has 1 aliphatic carbocycles. The summed E-state index contributed by atoms with van der Waals surface area (Å²) in [6, 6.07) is 4.79. The number of hydrogen-bond donors (Lipinski definition) is 0. The maximum Gasteiger partial charge on any atom is 0.175 e. The van der Waals surface area contributed by atoms with Crippen LogP contribution in [0.3, 0.4) is 0 Å². The molecular weight excluding hydrogens is 274 g/mol. The Morgan fingerprint density at radius 2 is 2.15 bits per heavy atom. The van der Waals surface area contributed by atoms with Crippen LogP contribution in [0, 0.1) is 5.92 Å². The molecule has 0 bridgehead atoms. The summed E-state index contributed by atoms with van der Waals surface area (Å²) >= 11 is 0. The molecule has 0 saturated carbocycles. The molecule has 0 aromatic heterocycles. The number of allylic oxidation sites excluding steroid dienone is 3. The summed E-state index contributed by atoms with van der Waals surface area (Å²) < 4.78 is 29.0. The summed E-state index contributed by atoms with van der Waals surface area (Å²) in [6.45, 7) is 0. The molecule has 1 aromatic carbocycles.